The molecule has 0 atom stereocenters. The van der Waals surface area contributed by atoms with Crippen molar-refractivity contribution in [3.05, 3.63) is 12.5 Å². The van der Waals surface area contributed by atoms with E-state index in [0.29, 0.717) is 0 Å². The number of rotatable bonds is 0. The zero-order valence-electron chi connectivity index (χ0n) is 4.00. The van der Waals surface area contributed by atoms with E-state index in [0.717, 1.165) is 0 Å². The first-order valence-corrected chi connectivity index (χ1v) is 1.96. The SMILES string of the molecule is Cn1cnc(O)c1. The summed E-state index contributed by atoms with van der Waals surface area (Å²) in [5.41, 5.74) is 0. The first kappa shape index (κ1) is 4.18. The smallest absolute Gasteiger partial charge is 0.229 e. The zero-order valence-corrected chi connectivity index (χ0v) is 4.00. The van der Waals surface area contributed by atoms with Crippen molar-refractivity contribution in [1.29, 1.82) is 0 Å². The van der Waals surface area contributed by atoms with Crippen LogP contribution >= 0.6 is 0 Å². The van der Waals surface area contributed by atoms with Crippen molar-refractivity contribution in [2.24, 2.45) is 7.05 Å². The van der Waals surface area contributed by atoms with E-state index in [9.17, 15) is 0 Å². The summed E-state index contributed by atoms with van der Waals surface area (Å²) in [5.74, 6) is 0.0718. The molecule has 38 valence electrons. The van der Waals surface area contributed by atoms with Crippen molar-refractivity contribution >= 4 is 0 Å². The van der Waals surface area contributed by atoms with E-state index in [1.807, 2.05) is 0 Å². The summed E-state index contributed by atoms with van der Waals surface area (Å²) in [5, 5.41) is 8.52. The topological polar surface area (TPSA) is 38.0 Å². The van der Waals surface area contributed by atoms with Crippen LogP contribution in [-0.4, -0.2) is 14.7 Å². The normalized spacial score (nSPS) is 9.29. The van der Waals surface area contributed by atoms with Gasteiger partial charge in [-0.1, -0.05) is 0 Å². The van der Waals surface area contributed by atoms with Crippen LogP contribution in [0.15, 0.2) is 12.5 Å². The second kappa shape index (κ2) is 1.26. The highest BCUT2D eigenvalue weighted by Crippen LogP contribution is 1.97. The molecule has 1 heterocycles. The monoisotopic (exact) mass is 98.0 g/mol. The van der Waals surface area contributed by atoms with Crippen LogP contribution in [0.4, 0.5) is 0 Å². The molecule has 0 spiro atoms. The Bertz CT molecular complexity index is 142. The molecule has 1 N–H and O–H groups in total. The Balaban J connectivity index is 3.04. The summed E-state index contributed by atoms with van der Waals surface area (Å²) in [7, 11) is 1.80. The van der Waals surface area contributed by atoms with Gasteiger partial charge >= 0.3 is 0 Å². The van der Waals surface area contributed by atoms with Gasteiger partial charge in [0.05, 0.1) is 12.5 Å². The number of aryl methyl sites for hydroxylation is 1. The number of hydrogen-bond donors (Lipinski definition) is 1. The molecule has 0 amide bonds. The molecule has 0 fully saturated rings. The fourth-order valence-corrected chi connectivity index (χ4v) is 0.399. The Labute approximate surface area is 41.2 Å². The highest BCUT2D eigenvalue weighted by atomic mass is 16.3. The predicted molar refractivity (Wildman–Crippen MR) is 24.9 cm³/mol. The predicted octanol–water partition coefficient (Wildman–Crippen LogP) is 0.126. The Morgan fingerprint density at radius 2 is 2.57 bits per heavy atom. The van der Waals surface area contributed by atoms with Crippen molar-refractivity contribution < 1.29 is 5.11 Å². The third-order valence-corrected chi connectivity index (χ3v) is 0.691. The van der Waals surface area contributed by atoms with Gasteiger partial charge < -0.3 is 9.67 Å². The summed E-state index contributed by atoms with van der Waals surface area (Å²) in [6.45, 7) is 0. The molecule has 7 heavy (non-hydrogen) atoms. The van der Waals surface area contributed by atoms with E-state index in [2.05, 4.69) is 4.98 Å². The summed E-state index contributed by atoms with van der Waals surface area (Å²) in [4.78, 5) is 3.53. The highest BCUT2D eigenvalue weighted by molar-refractivity contribution is 4.99. The fourth-order valence-electron chi connectivity index (χ4n) is 0.399. The van der Waals surface area contributed by atoms with Crippen molar-refractivity contribution in [3.63, 3.8) is 0 Å². The summed E-state index contributed by atoms with van der Waals surface area (Å²) >= 11 is 0. The Morgan fingerprint density at radius 1 is 1.86 bits per heavy atom. The number of hydrogen-bond acceptors (Lipinski definition) is 2. The number of aromatic nitrogens is 2. The van der Waals surface area contributed by atoms with E-state index in [1.54, 1.807) is 11.6 Å². The Hall–Kier alpha value is -0.990. The molecule has 0 saturated carbocycles. The van der Waals surface area contributed by atoms with E-state index in [4.69, 9.17) is 5.11 Å². The van der Waals surface area contributed by atoms with Gasteiger partial charge in [-0.05, 0) is 0 Å². The first-order valence-electron chi connectivity index (χ1n) is 1.96. The molecule has 0 aliphatic rings. The maximum atomic E-state index is 8.52. The van der Waals surface area contributed by atoms with Gasteiger partial charge in [-0.3, -0.25) is 0 Å². The van der Waals surface area contributed by atoms with Gasteiger partial charge in [0.1, 0.15) is 0 Å². The van der Waals surface area contributed by atoms with Crippen LogP contribution in [0, 0.1) is 0 Å². The van der Waals surface area contributed by atoms with Gasteiger partial charge in [-0.2, -0.15) is 0 Å². The Kier molecular flexibility index (Phi) is 0.749. The lowest BCUT2D eigenvalue weighted by atomic mass is 10.8. The van der Waals surface area contributed by atoms with E-state index in [1.165, 1.54) is 12.5 Å². The first-order chi connectivity index (χ1) is 3.29. The Morgan fingerprint density at radius 3 is 2.71 bits per heavy atom. The highest BCUT2D eigenvalue weighted by Gasteiger charge is 1.84. The van der Waals surface area contributed by atoms with Gasteiger partial charge in [-0.15, -0.1) is 0 Å². The number of nitrogens with zero attached hydrogens (tertiary/aromatic N) is 2. The van der Waals surface area contributed by atoms with Crippen molar-refractivity contribution in [2.45, 2.75) is 0 Å². The van der Waals surface area contributed by atoms with Gasteiger partial charge in [0, 0.05) is 7.05 Å². The zero-order chi connectivity index (χ0) is 5.28. The van der Waals surface area contributed by atoms with E-state index >= 15 is 0 Å². The van der Waals surface area contributed by atoms with Gasteiger partial charge in [0.2, 0.25) is 5.88 Å². The van der Waals surface area contributed by atoms with Gasteiger partial charge in [-0.25, -0.2) is 4.98 Å². The molecule has 1 aromatic rings. The molecule has 3 nitrogen and oxygen atoms in total. The molecule has 3 heteroatoms. The molecular weight excluding hydrogens is 92.1 g/mol. The molecule has 1 aromatic heterocycles. The van der Waals surface area contributed by atoms with Crippen LogP contribution < -0.4 is 0 Å². The average Bonchev–Trinajstić information content (AvgIpc) is 1.87. The molecule has 0 aliphatic carbocycles. The average molecular weight is 98.1 g/mol. The third kappa shape index (κ3) is 0.707. The third-order valence-electron chi connectivity index (χ3n) is 0.691. The lowest BCUT2D eigenvalue weighted by Crippen LogP contribution is -1.76. The largest absolute Gasteiger partial charge is 0.492 e. The maximum absolute atomic E-state index is 8.52. The standard InChI is InChI=1S/C4H6N2O/c1-6-2-4(7)5-3-6/h2-3,7H,1H3. The van der Waals surface area contributed by atoms with Crippen LogP contribution in [0.3, 0.4) is 0 Å². The molecule has 0 bridgehead atoms. The molecular formula is C4H6N2O. The van der Waals surface area contributed by atoms with Crippen LogP contribution in [-0.2, 0) is 7.05 Å². The minimum atomic E-state index is 0.0718. The summed E-state index contributed by atoms with van der Waals surface area (Å²) in [6.07, 6.45) is 3.06. The summed E-state index contributed by atoms with van der Waals surface area (Å²) in [6, 6.07) is 0. The molecule has 0 saturated heterocycles. The second-order valence-electron chi connectivity index (χ2n) is 1.40. The molecule has 0 aromatic carbocycles. The minimum Gasteiger partial charge on any atom is -0.492 e. The van der Waals surface area contributed by atoms with Crippen molar-refractivity contribution in [1.82, 2.24) is 9.55 Å². The van der Waals surface area contributed by atoms with Crippen LogP contribution in [0.5, 0.6) is 5.88 Å². The quantitative estimate of drug-likeness (QED) is 0.500. The molecule has 0 radical (unpaired) electrons. The fraction of sp³-hybridized carbons (Fsp3) is 0.250. The van der Waals surface area contributed by atoms with Crippen molar-refractivity contribution in [2.75, 3.05) is 0 Å². The lowest BCUT2D eigenvalue weighted by molar-refractivity contribution is 0.456. The van der Waals surface area contributed by atoms with E-state index < -0.39 is 0 Å². The van der Waals surface area contributed by atoms with Crippen LogP contribution in [0.1, 0.15) is 0 Å². The summed E-state index contributed by atoms with van der Waals surface area (Å²) < 4.78 is 1.68. The molecule has 1 rings (SSSR count). The van der Waals surface area contributed by atoms with Gasteiger partial charge in [0.15, 0.2) is 0 Å². The van der Waals surface area contributed by atoms with Crippen LogP contribution in [0.25, 0.3) is 0 Å². The second-order valence-corrected chi connectivity index (χ2v) is 1.40. The number of imidazole rings is 1. The van der Waals surface area contributed by atoms with Gasteiger partial charge in [0.25, 0.3) is 0 Å². The minimum absolute atomic E-state index is 0.0718. The van der Waals surface area contributed by atoms with E-state index in [-0.39, 0.29) is 5.88 Å². The van der Waals surface area contributed by atoms with Crippen LogP contribution in [0.2, 0.25) is 0 Å². The maximum Gasteiger partial charge on any atom is 0.229 e. The van der Waals surface area contributed by atoms with Crippen molar-refractivity contribution in [3.8, 4) is 5.88 Å². The molecule has 0 unspecified atom stereocenters. The lowest BCUT2D eigenvalue weighted by Gasteiger charge is -1.77. The molecule has 0 aliphatic heterocycles. The number of aromatic hydroxyl groups is 1.